The fraction of sp³-hybridized carbons (Fsp3) is 0.222. The summed E-state index contributed by atoms with van der Waals surface area (Å²) in [5.41, 5.74) is 5.51. The van der Waals surface area contributed by atoms with E-state index in [-0.39, 0.29) is 6.54 Å². The quantitative estimate of drug-likeness (QED) is 0.605. The third-order valence-electron chi connectivity index (χ3n) is 3.74. The van der Waals surface area contributed by atoms with Gasteiger partial charge in [0, 0.05) is 5.02 Å². The summed E-state index contributed by atoms with van der Waals surface area (Å²) in [4.78, 5) is 12.1. The third-order valence-corrected chi connectivity index (χ3v) is 5.13. The standard InChI is InChI=1S/C18H20ClN3O3S/c1-13-4-9-17(10-14(13)2)22(26(3,24)25)12-18(23)21-20-11-15-5-7-16(19)8-6-15/h4-11H,12H2,1-3H3,(H,21,23)/b20-11-. The Bertz CT molecular complexity index is 925. The number of hydrogen-bond acceptors (Lipinski definition) is 4. The Kier molecular flexibility index (Phi) is 6.39. The van der Waals surface area contributed by atoms with Crippen molar-refractivity contribution in [3.8, 4) is 0 Å². The van der Waals surface area contributed by atoms with Gasteiger partial charge in [0.1, 0.15) is 6.54 Å². The first-order chi connectivity index (χ1) is 12.2. The summed E-state index contributed by atoms with van der Waals surface area (Å²) >= 11 is 5.80. The van der Waals surface area contributed by atoms with Crippen LogP contribution in [0.15, 0.2) is 47.6 Å². The van der Waals surface area contributed by atoms with Crippen LogP contribution in [0.3, 0.4) is 0 Å². The molecule has 0 unspecified atom stereocenters. The number of hydrogen-bond donors (Lipinski definition) is 1. The van der Waals surface area contributed by atoms with Crippen LogP contribution in [0.5, 0.6) is 0 Å². The lowest BCUT2D eigenvalue weighted by Crippen LogP contribution is -2.39. The highest BCUT2D eigenvalue weighted by molar-refractivity contribution is 7.92. The van der Waals surface area contributed by atoms with E-state index in [0.717, 1.165) is 27.3 Å². The Labute approximate surface area is 158 Å². The van der Waals surface area contributed by atoms with E-state index in [1.807, 2.05) is 19.9 Å². The lowest BCUT2D eigenvalue weighted by molar-refractivity contribution is -0.119. The van der Waals surface area contributed by atoms with Gasteiger partial charge in [-0.3, -0.25) is 9.10 Å². The van der Waals surface area contributed by atoms with Crippen LogP contribution in [0.2, 0.25) is 5.02 Å². The van der Waals surface area contributed by atoms with Gasteiger partial charge >= 0.3 is 0 Å². The Morgan fingerprint density at radius 2 is 1.81 bits per heavy atom. The van der Waals surface area contributed by atoms with Crippen molar-refractivity contribution in [1.29, 1.82) is 0 Å². The molecule has 1 N–H and O–H groups in total. The third kappa shape index (κ3) is 5.57. The Hall–Kier alpha value is -2.38. The van der Waals surface area contributed by atoms with Gasteiger partial charge in [0.05, 0.1) is 18.2 Å². The predicted octanol–water partition coefficient (Wildman–Crippen LogP) is 2.87. The van der Waals surface area contributed by atoms with Crippen LogP contribution in [-0.4, -0.2) is 33.3 Å². The molecule has 6 nitrogen and oxygen atoms in total. The van der Waals surface area contributed by atoms with E-state index in [1.165, 1.54) is 6.21 Å². The summed E-state index contributed by atoms with van der Waals surface area (Å²) in [7, 11) is -3.62. The van der Waals surface area contributed by atoms with Gasteiger partial charge in [-0.05, 0) is 54.8 Å². The molecule has 1 amide bonds. The van der Waals surface area contributed by atoms with Crippen LogP contribution in [-0.2, 0) is 14.8 Å². The van der Waals surface area contributed by atoms with Crippen molar-refractivity contribution in [3.63, 3.8) is 0 Å². The molecule has 138 valence electrons. The zero-order chi connectivity index (χ0) is 19.3. The fourth-order valence-corrected chi connectivity index (χ4v) is 3.15. The van der Waals surface area contributed by atoms with Gasteiger partial charge in [-0.15, -0.1) is 0 Å². The molecule has 0 radical (unpaired) electrons. The number of nitrogens with zero attached hydrogens (tertiary/aromatic N) is 2. The number of carbonyl (C=O) groups is 1. The number of rotatable bonds is 6. The van der Waals surface area contributed by atoms with Crippen LogP contribution < -0.4 is 9.73 Å². The molecule has 8 heteroatoms. The maximum absolute atomic E-state index is 12.1. The second-order valence-corrected chi connectivity index (χ2v) is 8.23. The highest BCUT2D eigenvalue weighted by Crippen LogP contribution is 2.21. The minimum Gasteiger partial charge on any atom is -0.271 e. The lowest BCUT2D eigenvalue weighted by atomic mass is 10.1. The first-order valence-corrected chi connectivity index (χ1v) is 10.0. The number of aryl methyl sites for hydroxylation is 2. The van der Waals surface area contributed by atoms with Gasteiger partial charge in [0.2, 0.25) is 10.0 Å². The first kappa shape index (κ1) is 19.9. The number of nitrogens with one attached hydrogen (secondary N) is 1. The zero-order valence-electron chi connectivity index (χ0n) is 14.7. The van der Waals surface area contributed by atoms with Crippen molar-refractivity contribution < 1.29 is 13.2 Å². The zero-order valence-corrected chi connectivity index (χ0v) is 16.3. The highest BCUT2D eigenvalue weighted by Gasteiger charge is 2.21. The number of halogens is 1. The molecule has 2 aromatic carbocycles. The average Bonchev–Trinajstić information content (AvgIpc) is 2.56. The summed E-state index contributed by atoms with van der Waals surface area (Å²) in [6.07, 6.45) is 2.52. The van der Waals surface area contributed by atoms with E-state index in [2.05, 4.69) is 10.5 Å². The molecule has 0 aliphatic carbocycles. The van der Waals surface area contributed by atoms with Gasteiger partial charge in [-0.1, -0.05) is 29.8 Å². The molecule has 0 saturated heterocycles. The summed E-state index contributed by atoms with van der Waals surface area (Å²) in [6, 6.07) is 12.1. The van der Waals surface area contributed by atoms with Gasteiger partial charge in [-0.2, -0.15) is 5.10 Å². The minimum atomic E-state index is -3.62. The Morgan fingerprint density at radius 1 is 1.15 bits per heavy atom. The van der Waals surface area contributed by atoms with E-state index in [9.17, 15) is 13.2 Å². The van der Waals surface area contributed by atoms with Crippen molar-refractivity contribution >= 4 is 39.4 Å². The topological polar surface area (TPSA) is 78.8 Å². The monoisotopic (exact) mass is 393 g/mol. The second-order valence-electron chi connectivity index (χ2n) is 5.88. The van der Waals surface area contributed by atoms with Crippen molar-refractivity contribution in [1.82, 2.24) is 5.43 Å². The van der Waals surface area contributed by atoms with Crippen LogP contribution in [0, 0.1) is 13.8 Å². The van der Waals surface area contributed by atoms with Crippen molar-refractivity contribution in [2.45, 2.75) is 13.8 Å². The smallest absolute Gasteiger partial charge is 0.260 e. The molecule has 2 aromatic rings. The largest absolute Gasteiger partial charge is 0.271 e. The van der Waals surface area contributed by atoms with Crippen LogP contribution in [0.25, 0.3) is 0 Å². The highest BCUT2D eigenvalue weighted by atomic mass is 35.5. The number of anilines is 1. The molecule has 26 heavy (non-hydrogen) atoms. The molecule has 0 bridgehead atoms. The van der Waals surface area contributed by atoms with Crippen molar-refractivity contribution in [2.75, 3.05) is 17.1 Å². The summed E-state index contributed by atoms with van der Waals surface area (Å²) in [5, 5.41) is 4.44. The molecule has 2 rings (SSSR count). The number of hydrazone groups is 1. The van der Waals surface area contributed by atoms with Crippen LogP contribution in [0.4, 0.5) is 5.69 Å². The summed E-state index contributed by atoms with van der Waals surface area (Å²) < 4.78 is 25.2. The number of sulfonamides is 1. The fourth-order valence-electron chi connectivity index (χ4n) is 2.17. The van der Waals surface area contributed by atoms with E-state index in [4.69, 9.17) is 11.6 Å². The molecule has 0 spiro atoms. The van der Waals surface area contributed by atoms with Crippen molar-refractivity contribution in [3.05, 3.63) is 64.2 Å². The van der Waals surface area contributed by atoms with E-state index in [1.54, 1.807) is 36.4 Å². The lowest BCUT2D eigenvalue weighted by Gasteiger charge is -2.22. The average molecular weight is 394 g/mol. The van der Waals surface area contributed by atoms with Gasteiger partial charge < -0.3 is 0 Å². The SMILES string of the molecule is Cc1ccc(N(CC(=O)N/N=C\c2ccc(Cl)cc2)S(C)(=O)=O)cc1C. The second kappa shape index (κ2) is 8.33. The minimum absolute atomic E-state index is 0.362. The first-order valence-electron chi connectivity index (χ1n) is 7.79. The molecule has 0 saturated carbocycles. The molecule has 0 heterocycles. The molecular formula is C18H20ClN3O3S. The molecule has 0 aromatic heterocycles. The Morgan fingerprint density at radius 3 is 2.38 bits per heavy atom. The maximum Gasteiger partial charge on any atom is 0.260 e. The van der Waals surface area contributed by atoms with Crippen molar-refractivity contribution in [2.24, 2.45) is 5.10 Å². The van der Waals surface area contributed by atoms with E-state index < -0.39 is 15.9 Å². The molecule has 0 atom stereocenters. The molecular weight excluding hydrogens is 374 g/mol. The van der Waals surface area contributed by atoms with E-state index in [0.29, 0.717) is 10.7 Å². The van der Waals surface area contributed by atoms with Gasteiger partial charge in [-0.25, -0.2) is 13.8 Å². The summed E-state index contributed by atoms with van der Waals surface area (Å²) in [6.45, 7) is 3.46. The summed E-state index contributed by atoms with van der Waals surface area (Å²) in [5.74, 6) is -0.543. The molecule has 0 fully saturated rings. The number of amides is 1. The number of benzene rings is 2. The predicted molar refractivity (Wildman–Crippen MR) is 105 cm³/mol. The van der Waals surface area contributed by atoms with Gasteiger partial charge in [0.15, 0.2) is 0 Å². The van der Waals surface area contributed by atoms with Gasteiger partial charge in [0.25, 0.3) is 5.91 Å². The van der Waals surface area contributed by atoms with Crippen LogP contribution >= 0.6 is 11.6 Å². The van der Waals surface area contributed by atoms with Crippen LogP contribution in [0.1, 0.15) is 16.7 Å². The molecule has 0 aliphatic rings. The maximum atomic E-state index is 12.1. The normalized spacial score (nSPS) is 11.5. The molecule has 0 aliphatic heterocycles. The Balaban J connectivity index is 2.09. The van der Waals surface area contributed by atoms with E-state index >= 15 is 0 Å². The number of carbonyl (C=O) groups excluding carboxylic acids is 1.